The number of carbonyl (C=O) groups excluding carboxylic acids is 1. The molecule has 0 saturated heterocycles. The van der Waals surface area contributed by atoms with Crippen LogP contribution in [0.5, 0.6) is 0 Å². The molecule has 1 rings (SSSR count). The first-order chi connectivity index (χ1) is 7.60. The highest BCUT2D eigenvalue weighted by Gasteiger charge is 2.20. The molecule has 0 unspecified atom stereocenters. The maximum Gasteiger partial charge on any atom is 0.230 e. The Balaban J connectivity index is 2.85. The van der Waals surface area contributed by atoms with Crippen molar-refractivity contribution in [3.05, 3.63) is 22.8 Å². The first kappa shape index (κ1) is 13.2. The summed E-state index contributed by atoms with van der Waals surface area (Å²) in [7, 11) is 1.77. The third-order valence-electron chi connectivity index (χ3n) is 2.72. The maximum atomic E-state index is 12.1. The largest absolute Gasteiger partial charge is 0.300 e. The van der Waals surface area contributed by atoms with Gasteiger partial charge >= 0.3 is 0 Å². The number of anilines is 1. The molecule has 88 valence electrons. The molecular weight excluding hydrogens is 268 g/mol. The lowest BCUT2D eigenvalue weighted by Gasteiger charge is -2.21. The minimum absolute atomic E-state index is 0.0887. The van der Waals surface area contributed by atoms with E-state index in [1.807, 2.05) is 26.0 Å². The van der Waals surface area contributed by atoms with Crippen LogP contribution in [0, 0.1) is 5.92 Å². The number of aromatic nitrogens is 1. The van der Waals surface area contributed by atoms with Crippen molar-refractivity contribution in [2.75, 3.05) is 11.9 Å². The average molecular weight is 285 g/mol. The summed E-state index contributed by atoms with van der Waals surface area (Å²) in [5.74, 6) is 0.910. The molecule has 0 radical (unpaired) electrons. The molecule has 0 aromatic carbocycles. The van der Waals surface area contributed by atoms with E-state index in [-0.39, 0.29) is 11.8 Å². The van der Waals surface area contributed by atoms with E-state index in [4.69, 9.17) is 0 Å². The zero-order valence-electron chi connectivity index (χ0n) is 9.90. The fraction of sp³-hybridized carbons (Fsp3) is 0.500. The predicted octanol–water partition coefficient (Wildman–Crippen LogP) is 3.24. The second-order valence-corrected chi connectivity index (χ2v) is 4.66. The van der Waals surface area contributed by atoms with Crippen LogP contribution >= 0.6 is 15.9 Å². The van der Waals surface area contributed by atoms with Gasteiger partial charge < -0.3 is 0 Å². The van der Waals surface area contributed by atoms with Crippen LogP contribution in [0.1, 0.15) is 26.7 Å². The van der Waals surface area contributed by atoms with Crippen LogP contribution in [0.2, 0.25) is 0 Å². The van der Waals surface area contributed by atoms with Crippen LogP contribution in [-0.2, 0) is 4.79 Å². The van der Waals surface area contributed by atoms with Gasteiger partial charge in [-0.2, -0.15) is 0 Å². The highest BCUT2D eigenvalue weighted by atomic mass is 79.9. The van der Waals surface area contributed by atoms with Crippen LogP contribution in [0.4, 0.5) is 5.82 Å². The molecule has 16 heavy (non-hydrogen) atoms. The molecular formula is C12H17BrN2O. The molecule has 0 aliphatic heterocycles. The van der Waals surface area contributed by atoms with E-state index in [0.29, 0.717) is 5.82 Å². The number of hydrogen-bond acceptors (Lipinski definition) is 2. The zero-order valence-corrected chi connectivity index (χ0v) is 11.5. The molecule has 1 heterocycles. The van der Waals surface area contributed by atoms with Crippen LogP contribution in [-0.4, -0.2) is 17.9 Å². The summed E-state index contributed by atoms with van der Waals surface area (Å²) < 4.78 is 0.932. The van der Waals surface area contributed by atoms with Crippen molar-refractivity contribution < 1.29 is 4.79 Å². The van der Waals surface area contributed by atoms with Gasteiger partial charge in [0.25, 0.3) is 0 Å². The Kier molecular flexibility index (Phi) is 4.93. The third kappa shape index (κ3) is 3.04. The van der Waals surface area contributed by atoms with Gasteiger partial charge in [-0.15, -0.1) is 0 Å². The standard InChI is InChI=1S/C12H17BrN2O/c1-4-9(5-2)12(16)15(3)11-8-10(13)6-7-14-11/h6-9H,4-5H2,1-3H3. The van der Waals surface area contributed by atoms with Crippen LogP contribution < -0.4 is 4.90 Å². The number of pyridine rings is 1. The molecule has 0 bridgehead atoms. The second kappa shape index (κ2) is 5.99. The van der Waals surface area contributed by atoms with E-state index in [1.54, 1.807) is 18.1 Å². The van der Waals surface area contributed by atoms with Gasteiger partial charge in [-0.1, -0.05) is 29.8 Å². The number of nitrogens with zero attached hydrogens (tertiary/aromatic N) is 2. The summed E-state index contributed by atoms with van der Waals surface area (Å²) in [6.07, 6.45) is 3.43. The van der Waals surface area contributed by atoms with Gasteiger partial charge in [-0.25, -0.2) is 4.98 Å². The molecule has 3 nitrogen and oxygen atoms in total. The van der Waals surface area contributed by atoms with Gasteiger partial charge in [0.1, 0.15) is 5.82 Å². The van der Waals surface area contributed by atoms with Crippen LogP contribution in [0.25, 0.3) is 0 Å². The van der Waals surface area contributed by atoms with Crippen molar-refractivity contribution in [3.63, 3.8) is 0 Å². The summed E-state index contributed by atoms with van der Waals surface area (Å²) in [5.41, 5.74) is 0. The van der Waals surface area contributed by atoms with E-state index in [9.17, 15) is 4.79 Å². The van der Waals surface area contributed by atoms with Crippen molar-refractivity contribution in [2.24, 2.45) is 5.92 Å². The van der Waals surface area contributed by atoms with Gasteiger partial charge in [-0.3, -0.25) is 9.69 Å². The van der Waals surface area contributed by atoms with Crippen molar-refractivity contribution in [2.45, 2.75) is 26.7 Å². The monoisotopic (exact) mass is 284 g/mol. The zero-order chi connectivity index (χ0) is 12.1. The van der Waals surface area contributed by atoms with Gasteiger partial charge in [0, 0.05) is 23.6 Å². The topological polar surface area (TPSA) is 33.2 Å². The fourth-order valence-corrected chi connectivity index (χ4v) is 1.92. The van der Waals surface area contributed by atoms with E-state index >= 15 is 0 Å². The quantitative estimate of drug-likeness (QED) is 0.850. The lowest BCUT2D eigenvalue weighted by molar-refractivity contribution is -0.122. The van der Waals surface area contributed by atoms with E-state index < -0.39 is 0 Å². The van der Waals surface area contributed by atoms with Gasteiger partial charge in [-0.05, 0) is 25.0 Å². The molecule has 0 N–H and O–H groups in total. The van der Waals surface area contributed by atoms with E-state index in [2.05, 4.69) is 20.9 Å². The molecule has 0 aliphatic carbocycles. The molecule has 4 heteroatoms. The summed E-state index contributed by atoms with van der Waals surface area (Å²) in [6.45, 7) is 4.07. The lowest BCUT2D eigenvalue weighted by atomic mass is 10.0. The summed E-state index contributed by atoms with van der Waals surface area (Å²) in [5, 5.41) is 0. The van der Waals surface area contributed by atoms with Gasteiger partial charge in [0.15, 0.2) is 0 Å². The summed E-state index contributed by atoms with van der Waals surface area (Å²) in [6, 6.07) is 3.69. The van der Waals surface area contributed by atoms with Crippen LogP contribution in [0.15, 0.2) is 22.8 Å². The number of amides is 1. The predicted molar refractivity (Wildman–Crippen MR) is 69.4 cm³/mol. The Morgan fingerprint density at radius 1 is 1.50 bits per heavy atom. The van der Waals surface area contributed by atoms with Crippen molar-refractivity contribution >= 4 is 27.7 Å². The van der Waals surface area contributed by atoms with Crippen LogP contribution in [0.3, 0.4) is 0 Å². The number of hydrogen-bond donors (Lipinski definition) is 0. The SMILES string of the molecule is CCC(CC)C(=O)N(C)c1cc(Br)ccn1. The molecule has 1 amide bonds. The molecule has 0 saturated carbocycles. The Morgan fingerprint density at radius 2 is 2.12 bits per heavy atom. The molecule has 0 atom stereocenters. The highest BCUT2D eigenvalue weighted by molar-refractivity contribution is 9.10. The second-order valence-electron chi connectivity index (χ2n) is 3.74. The van der Waals surface area contributed by atoms with Gasteiger partial charge in [0.2, 0.25) is 5.91 Å². The Bertz CT molecular complexity index is 364. The first-order valence-electron chi connectivity index (χ1n) is 5.49. The molecule has 1 aromatic rings. The molecule has 0 spiro atoms. The molecule has 1 aromatic heterocycles. The number of rotatable bonds is 4. The summed E-state index contributed by atoms with van der Waals surface area (Å²) in [4.78, 5) is 17.9. The van der Waals surface area contributed by atoms with E-state index in [0.717, 1.165) is 17.3 Å². The number of carbonyl (C=O) groups is 1. The number of halogens is 1. The minimum atomic E-state index is 0.0887. The van der Waals surface area contributed by atoms with Crippen molar-refractivity contribution in [1.82, 2.24) is 4.98 Å². The normalized spacial score (nSPS) is 10.6. The smallest absolute Gasteiger partial charge is 0.230 e. The fourth-order valence-electron chi connectivity index (χ4n) is 1.60. The van der Waals surface area contributed by atoms with Gasteiger partial charge in [0.05, 0.1) is 0 Å². The highest BCUT2D eigenvalue weighted by Crippen LogP contribution is 2.19. The Labute approximate surface area is 105 Å². The molecule has 0 aliphatic rings. The maximum absolute atomic E-state index is 12.1. The Morgan fingerprint density at radius 3 is 2.62 bits per heavy atom. The average Bonchev–Trinajstić information content (AvgIpc) is 2.29. The lowest BCUT2D eigenvalue weighted by Crippen LogP contribution is -2.32. The third-order valence-corrected chi connectivity index (χ3v) is 3.21. The summed E-state index contributed by atoms with van der Waals surface area (Å²) >= 11 is 3.37. The van der Waals surface area contributed by atoms with Crippen molar-refractivity contribution in [1.29, 1.82) is 0 Å². The van der Waals surface area contributed by atoms with Crippen molar-refractivity contribution in [3.8, 4) is 0 Å². The minimum Gasteiger partial charge on any atom is -0.300 e. The van der Waals surface area contributed by atoms with E-state index in [1.165, 1.54) is 0 Å². The Hall–Kier alpha value is -0.900. The first-order valence-corrected chi connectivity index (χ1v) is 6.28. The molecule has 0 fully saturated rings.